The molecule has 1 heterocycles. The Bertz CT molecular complexity index is 368. The van der Waals surface area contributed by atoms with Crippen LogP contribution in [-0.2, 0) is 9.53 Å². The van der Waals surface area contributed by atoms with Crippen LogP contribution in [0.5, 0.6) is 0 Å². The van der Waals surface area contributed by atoms with Crippen molar-refractivity contribution in [2.75, 3.05) is 13.1 Å². The molecule has 0 aromatic carbocycles. The number of carbonyl (C=O) groups is 1. The third-order valence-electron chi connectivity index (χ3n) is 4.54. The average Bonchev–Trinajstić information content (AvgIpc) is 2.63. The molecule has 0 radical (unpaired) electrons. The summed E-state index contributed by atoms with van der Waals surface area (Å²) in [5.41, 5.74) is 5.39. The number of nitrogens with zero attached hydrogens (tertiary/aromatic N) is 1. The van der Waals surface area contributed by atoms with Crippen LogP contribution in [-0.4, -0.2) is 41.1 Å². The Kier molecular flexibility index (Phi) is 5.02. The Balaban J connectivity index is 2.20. The minimum absolute atomic E-state index is 0.0804. The van der Waals surface area contributed by atoms with E-state index in [0.29, 0.717) is 18.1 Å². The number of rotatable bonds is 2. The molecule has 2 aliphatic rings. The molecule has 0 bridgehead atoms. The largest absolute Gasteiger partial charge is 0.392 e. The monoisotopic (exact) mass is 298 g/mol. The van der Waals surface area contributed by atoms with Gasteiger partial charge in [0, 0.05) is 13.1 Å². The first kappa shape index (κ1) is 15.7. The molecule has 5 heteroatoms. The van der Waals surface area contributed by atoms with E-state index < -0.39 is 5.41 Å². The van der Waals surface area contributed by atoms with Gasteiger partial charge in [0.15, 0.2) is 0 Å². The van der Waals surface area contributed by atoms with Crippen LogP contribution in [0.2, 0.25) is 0 Å². The molecule has 2 rings (SSSR count). The van der Waals surface area contributed by atoms with Gasteiger partial charge in [0.2, 0.25) is 5.91 Å². The maximum Gasteiger partial charge on any atom is 0.235 e. The van der Waals surface area contributed by atoms with Crippen molar-refractivity contribution in [1.29, 1.82) is 0 Å². The summed E-state index contributed by atoms with van der Waals surface area (Å²) in [6.07, 6.45) is 6.20. The zero-order valence-electron chi connectivity index (χ0n) is 12.6. The van der Waals surface area contributed by atoms with E-state index in [2.05, 4.69) is 0 Å². The van der Waals surface area contributed by atoms with Crippen molar-refractivity contribution in [3.63, 3.8) is 0 Å². The topological polar surface area (TPSA) is 55.6 Å². The zero-order chi connectivity index (χ0) is 14.8. The average molecular weight is 298 g/mol. The van der Waals surface area contributed by atoms with Crippen molar-refractivity contribution < 1.29 is 9.53 Å². The summed E-state index contributed by atoms with van der Waals surface area (Å²) in [4.78, 5) is 15.4. The summed E-state index contributed by atoms with van der Waals surface area (Å²) in [5, 5.41) is 0. The predicted molar refractivity (Wildman–Crippen MR) is 83.5 cm³/mol. The van der Waals surface area contributed by atoms with E-state index in [-0.39, 0.29) is 18.1 Å². The second-order valence-electron chi connectivity index (χ2n) is 6.33. The number of hydrogen-bond donors (Lipinski definition) is 1. The molecule has 1 saturated heterocycles. The van der Waals surface area contributed by atoms with Gasteiger partial charge in [0.25, 0.3) is 0 Å². The SMILES string of the molecule is CC1CN(C(=O)C2(C(N)=S)CCCCCC2)CC(C)O1. The molecule has 2 atom stereocenters. The summed E-state index contributed by atoms with van der Waals surface area (Å²) in [6.45, 7) is 5.31. The molecule has 0 aromatic rings. The van der Waals surface area contributed by atoms with Crippen molar-refractivity contribution in [3.05, 3.63) is 0 Å². The molecule has 0 aromatic heterocycles. The highest BCUT2D eigenvalue weighted by Crippen LogP contribution is 2.38. The van der Waals surface area contributed by atoms with E-state index in [9.17, 15) is 4.79 Å². The highest BCUT2D eigenvalue weighted by atomic mass is 32.1. The third-order valence-corrected chi connectivity index (χ3v) is 4.94. The number of thiocarbonyl (C=S) groups is 1. The van der Waals surface area contributed by atoms with Crippen LogP contribution in [0.15, 0.2) is 0 Å². The lowest BCUT2D eigenvalue weighted by Crippen LogP contribution is -2.56. The molecule has 2 N–H and O–H groups in total. The maximum absolute atomic E-state index is 13.1. The summed E-state index contributed by atoms with van der Waals surface area (Å²) in [6, 6.07) is 0. The summed E-state index contributed by atoms with van der Waals surface area (Å²) < 4.78 is 5.71. The molecule has 20 heavy (non-hydrogen) atoms. The second-order valence-corrected chi connectivity index (χ2v) is 6.77. The molecular weight excluding hydrogens is 272 g/mol. The summed E-state index contributed by atoms with van der Waals surface area (Å²) >= 11 is 5.29. The molecular formula is C15H26N2O2S. The van der Waals surface area contributed by atoms with Crippen LogP contribution in [0.1, 0.15) is 52.4 Å². The van der Waals surface area contributed by atoms with Gasteiger partial charge in [-0.3, -0.25) is 4.79 Å². The van der Waals surface area contributed by atoms with Gasteiger partial charge in [-0.05, 0) is 26.7 Å². The standard InChI is InChI=1S/C15H26N2O2S/c1-11-9-17(10-12(2)19-11)14(18)15(13(16)20)7-5-3-4-6-8-15/h11-12H,3-10H2,1-2H3,(H2,16,20). The summed E-state index contributed by atoms with van der Waals surface area (Å²) in [5.74, 6) is 0.133. The van der Waals surface area contributed by atoms with Gasteiger partial charge in [0.05, 0.1) is 22.6 Å². The minimum atomic E-state index is -0.609. The lowest BCUT2D eigenvalue weighted by atomic mass is 9.78. The zero-order valence-corrected chi connectivity index (χ0v) is 13.4. The van der Waals surface area contributed by atoms with Gasteiger partial charge in [-0.15, -0.1) is 0 Å². The normalized spacial score (nSPS) is 30.6. The quantitative estimate of drug-likeness (QED) is 0.627. The molecule has 0 spiro atoms. The first-order valence-corrected chi connectivity index (χ1v) is 8.11. The predicted octanol–water partition coefficient (Wildman–Crippen LogP) is 2.25. The number of carbonyl (C=O) groups excluding carboxylic acids is 1. The Morgan fingerprint density at radius 2 is 1.65 bits per heavy atom. The Hall–Kier alpha value is -0.680. The van der Waals surface area contributed by atoms with Crippen LogP contribution in [0.4, 0.5) is 0 Å². The molecule has 2 fully saturated rings. The number of amides is 1. The van der Waals surface area contributed by atoms with Crippen LogP contribution < -0.4 is 5.73 Å². The van der Waals surface area contributed by atoms with Crippen LogP contribution in [0.3, 0.4) is 0 Å². The highest BCUT2D eigenvalue weighted by Gasteiger charge is 2.45. The van der Waals surface area contributed by atoms with Crippen LogP contribution in [0, 0.1) is 5.41 Å². The van der Waals surface area contributed by atoms with Gasteiger partial charge >= 0.3 is 0 Å². The van der Waals surface area contributed by atoms with Gasteiger partial charge in [-0.25, -0.2) is 0 Å². The lowest BCUT2D eigenvalue weighted by molar-refractivity contribution is -0.150. The Labute approximate surface area is 127 Å². The fourth-order valence-electron chi connectivity index (χ4n) is 3.54. The molecule has 1 amide bonds. The van der Waals surface area contributed by atoms with E-state index in [1.165, 1.54) is 12.8 Å². The summed E-state index contributed by atoms with van der Waals surface area (Å²) in [7, 11) is 0. The maximum atomic E-state index is 13.1. The van der Waals surface area contributed by atoms with E-state index in [1.807, 2.05) is 18.7 Å². The Morgan fingerprint density at radius 1 is 1.15 bits per heavy atom. The van der Waals surface area contributed by atoms with Crippen molar-refractivity contribution >= 4 is 23.1 Å². The molecule has 1 saturated carbocycles. The van der Waals surface area contributed by atoms with E-state index >= 15 is 0 Å². The van der Waals surface area contributed by atoms with Crippen molar-refractivity contribution in [2.24, 2.45) is 11.1 Å². The van der Waals surface area contributed by atoms with E-state index in [1.54, 1.807) is 0 Å². The fraction of sp³-hybridized carbons (Fsp3) is 0.867. The smallest absolute Gasteiger partial charge is 0.235 e. The molecule has 1 aliphatic heterocycles. The number of morpholine rings is 1. The number of nitrogens with two attached hydrogens (primary N) is 1. The van der Waals surface area contributed by atoms with Crippen molar-refractivity contribution in [2.45, 2.75) is 64.6 Å². The molecule has 114 valence electrons. The first-order chi connectivity index (χ1) is 9.45. The van der Waals surface area contributed by atoms with Gasteiger partial charge in [-0.1, -0.05) is 37.9 Å². The van der Waals surface area contributed by atoms with Crippen molar-refractivity contribution in [1.82, 2.24) is 4.90 Å². The molecule has 2 unspecified atom stereocenters. The highest BCUT2D eigenvalue weighted by molar-refractivity contribution is 7.80. The van der Waals surface area contributed by atoms with E-state index in [0.717, 1.165) is 25.7 Å². The fourth-order valence-corrected chi connectivity index (χ4v) is 3.84. The third kappa shape index (κ3) is 3.14. The number of hydrogen-bond acceptors (Lipinski definition) is 3. The molecule has 1 aliphatic carbocycles. The van der Waals surface area contributed by atoms with Gasteiger partial charge in [-0.2, -0.15) is 0 Å². The molecule has 4 nitrogen and oxygen atoms in total. The van der Waals surface area contributed by atoms with Gasteiger partial charge < -0.3 is 15.4 Å². The van der Waals surface area contributed by atoms with Gasteiger partial charge in [0.1, 0.15) is 0 Å². The minimum Gasteiger partial charge on any atom is -0.392 e. The number of ether oxygens (including phenoxy) is 1. The van der Waals surface area contributed by atoms with Crippen LogP contribution in [0.25, 0.3) is 0 Å². The van der Waals surface area contributed by atoms with Crippen LogP contribution >= 0.6 is 12.2 Å². The first-order valence-electron chi connectivity index (χ1n) is 7.70. The second kappa shape index (κ2) is 6.39. The lowest BCUT2D eigenvalue weighted by Gasteiger charge is -2.41. The van der Waals surface area contributed by atoms with Crippen molar-refractivity contribution in [3.8, 4) is 0 Å². The Morgan fingerprint density at radius 3 is 2.10 bits per heavy atom. The van der Waals surface area contributed by atoms with E-state index in [4.69, 9.17) is 22.7 Å².